The van der Waals surface area contributed by atoms with Gasteiger partial charge in [0.2, 0.25) is 5.91 Å². The lowest BCUT2D eigenvalue weighted by Gasteiger charge is -2.22. The third-order valence-electron chi connectivity index (χ3n) is 6.10. The number of hydrogen-bond donors (Lipinski definition) is 3. The van der Waals surface area contributed by atoms with Crippen molar-refractivity contribution < 1.29 is 24.2 Å². The Hall–Kier alpha value is -3.65. The molecule has 0 saturated heterocycles. The number of thiophene rings is 1. The molecule has 2 atom stereocenters. The molecule has 1 aliphatic carbocycles. The van der Waals surface area contributed by atoms with Crippen molar-refractivity contribution in [1.82, 2.24) is 10.6 Å². The number of benzene rings is 2. The van der Waals surface area contributed by atoms with Crippen LogP contribution in [-0.4, -0.2) is 35.7 Å². The number of nitrogens with one attached hydrogen (secondary N) is 2. The highest BCUT2D eigenvalue weighted by Gasteiger charge is 2.31. The predicted molar refractivity (Wildman–Crippen MR) is 134 cm³/mol. The summed E-state index contributed by atoms with van der Waals surface area (Å²) in [5.74, 6) is -1.53. The van der Waals surface area contributed by atoms with Crippen molar-refractivity contribution in [2.45, 2.75) is 44.2 Å². The number of carboxylic acids is 1. The fraction of sp³-hybridized carbons (Fsp3) is 0.296. The summed E-state index contributed by atoms with van der Waals surface area (Å²) in [4.78, 5) is 37.7. The minimum Gasteiger partial charge on any atom is -0.481 e. The molecule has 1 aliphatic rings. The standard InChI is InChI=1S/C27H28N2O5S/c1-2-8-17(15-24(30)31)28-26(32)25(23-13-7-14-35-23)29-27(33)34-16-22-20-11-5-3-9-18(20)19-10-4-6-12-21(19)22/h3-7,9-14,17,22,25H,2,8,15-16H2,1H3,(H,28,32)(H,29,33)(H,30,31)/t17-,25?/m1/s1. The maximum atomic E-state index is 13.1. The average molecular weight is 493 g/mol. The molecule has 8 heteroatoms. The van der Waals surface area contributed by atoms with Crippen LogP contribution in [0.5, 0.6) is 0 Å². The van der Waals surface area contributed by atoms with Gasteiger partial charge in [0.15, 0.2) is 0 Å². The monoisotopic (exact) mass is 492 g/mol. The maximum absolute atomic E-state index is 13.1. The van der Waals surface area contributed by atoms with Crippen molar-refractivity contribution >= 4 is 29.3 Å². The normalized spacial score (nSPS) is 13.9. The summed E-state index contributed by atoms with van der Waals surface area (Å²) < 4.78 is 5.62. The number of carboxylic acid groups (broad SMARTS) is 1. The molecule has 35 heavy (non-hydrogen) atoms. The number of carbonyl (C=O) groups excluding carboxylic acids is 2. The molecule has 7 nitrogen and oxygen atoms in total. The van der Waals surface area contributed by atoms with E-state index in [4.69, 9.17) is 9.84 Å². The number of aliphatic carboxylic acids is 1. The van der Waals surface area contributed by atoms with Crippen LogP contribution >= 0.6 is 11.3 Å². The third kappa shape index (κ3) is 5.71. The van der Waals surface area contributed by atoms with Crippen LogP contribution in [0.1, 0.15) is 54.1 Å². The van der Waals surface area contributed by atoms with E-state index in [2.05, 4.69) is 22.8 Å². The van der Waals surface area contributed by atoms with Crippen LogP contribution < -0.4 is 10.6 Å². The van der Waals surface area contributed by atoms with E-state index in [0.29, 0.717) is 11.3 Å². The van der Waals surface area contributed by atoms with E-state index in [0.717, 1.165) is 28.7 Å². The highest BCUT2D eigenvalue weighted by Crippen LogP contribution is 2.44. The van der Waals surface area contributed by atoms with Gasteiger partial charge in [-0.3, -0.25) is 9.59 Å². The third-order valence-corrected chi connectivity index (χ3v) is 7.04. The molecule has 3 N–H and O–H groups in total. The lowest BCUT2D eigenvalue weighted by Crippen LogP contribution is -2.45. The van der Waals surface area contributed by atoms with Crippen molar-refractivity contribution in [2.75, 3.05) is 6.61 Å². The zero-order valence-corrected chi connectivity index (χ0v) is 20.2. The number of hydrogen-bond acceptors (Lipinski definition) is 5. The summed E-state index contributed by atoms with van der Waals surface area (Å²) in [7, 11) is 0. The topological polar surface area (TPSA) is 105 Å². The van der Waals surface area contributed by atoms with Gasteiger partial charge < -0.3 is 20.5 Å². The first kappa shape index (κ1) is 24.5. The Kier molecular flexibility index (Phi) is 7.82. The van der Waals surface area contributed by atoms with Gasteiger partial charge in [0.1, 0.15) is 12.6 Å². The lowest BCUT2D eigenvalue weighted by molar-refractivity contribution is -0.137. The minimum atomic E-state index is -0.985. The molecule has 3 aromatic rings. The van der Waals surface area contributed by atoms with Gasteiger partial charge in [-0.05, 0) is 40.1 Å². The molecule has 1 aromatic heterocycles. The Bertz CT molecular complexity index is 1150. The van der Waals surface area contributed by atoms with Gasteiger partial charge >= 0.3 is 12.1 Å². The van der Waals surface area contributed by atoms with Gasteiger partial charge in [0.05, 0.1) is 6.42 Å². The van der Waals surface area contributed by atoms with Gasteiger partial charge in [0, 0.05) is 16.8 Å². The molecule has 182 valence electrons. The van der Waals surface area contributed by atoms with Gasteiger partial charge in [-0.25, -0.2) is 4.79 Å². The molecule has 2 amide bonds. The number of alkyl carbamates (subject to hydrolysis) is 1. The van der Waals surface area contributed by atoms with E-state index < -0.39 is 30.1 Å². The molecule has 0 saturated carbocycles. The largest absolute Gasteiger partial charge is 0.481 e. The Labute approximate surface area is 208 Å². The Morgan fingerprint density at radius 2 is 1.63 bits per heavy atom. The first-order chi connectivity index (χ1) is 17.0. The average Bonchev–Trinajstić information content (AvgIpc) is 3.48. The van der Waals surface area contributed by atoms with Crippen LogP contribution in [0.25, 0.3) is 11.1 Å². The van der Waals surface area contributed by atoms with Gasteiger partial charge in [-0.2, -0.15) is 0 Å². The second kappa shape index (κ2) is 11.2. The van der Waals surface area contributed by atoms with Crippen molar-refractivity contribution in [3.63, 3.8) is 0 Å². The summed E-state index contributed by atoms with van der Waals surface area (Å²) in [6.45, 7) is 2.06. The van der Waals surface area contributed by atoms with E-state index in [-0.39, 0.29) is 18.9 Å². The highest BCUT2D eigenvalue weighted by atomic mass is 32.1. The van der Waals surface area contributed by atoms with Gasteiger partial charge in [-0.1, -0.05) is 67.9 Å². The van der Waals surface area contributed by atoms with Crippen LogP contribution in [0.3, 0.4) is 0 Å². The smallest absolute Gasteiger partial charge is 0.408 e. The van der Waals surface area contributed by atoms with E-state index in [1.54, 1.807) is 12.1 Å². The second-order valence-corrected chi connectivity index (χ2v) is 9.49. The minimum absolute atomic E-state index is 0.0911. The summed E-state index contributed by atoms with van der Waals surface area (Å²) >= 11 is 1.33. The van der Waals surface area contributed by atoms with Crippen LogP contribution in [0, 0.1) is 0 Å². The fourth-order valence-corrected chi connectivity index (χ4v) is 5.32. The Morgan fingerprint density at radius 1 is 0.971 bits per heavy atom. The van der Waals surface area contributed by atoms with Gasteiger partial charge in [-0.15, -0.1) is 11.3 Å². The second-order valence-electron chi connectivity index (χ2n) is 8.51. The zero-order chi connectivity index (χ0) is 24.8. The maximum Gasteiger partial charge on any atom is 0.408 e. The number of rotatable bonds is 10. The molecule has 1 heterocycles. The van der Waals surface area contributed by atoms with Crippen molar-refractivity contribution in [3.8, 4) is 11.1 Å². The number of carbonyl (C=O) groups is 3. The molecular formula is C27H28N2O5S. The van der Waals surface area contributed by atoms with E-state index in [1.165, 1.54) is 11.3 Å². The molecule has 0 bridgehead atoms. The van der Waals surface area contributed by atoms with E-state index >= 15 is 0 Å². The van der Waals surface area contributed by atoms with Crippen molar-refractivity contribution in [1.29, 1.82) is 0 Å². The SMILES string of the molecule is CCC[C@H](CC(=O)O)NC(=O)C(NC(=O)OCC1c2ccccc2-c2ccccc21)c1cccs1. The number of fused-ring (bicyclic) bond motifs is 3. The summed E-state index contributed by atoms with van der Waals surface area (Å²) in [6, 6.07) is 18.2. The number of ether oxygens (including phenoxy) is 1. The molecule has 0 aliphatic heterocycles. The van der Waals surface area contributed by atoms with E-state index in [9.17, 15) is 14.4 Å². The summed E-state index contributed by atoms with van der Waals surface area (Å²) in [6.07, 6.45) is 0.370. The molecule has 1 unspecified atom stereocenters. The van der Waals surface area contributed by atoms with Crippen LogP contribution in [0.2, 0.25) is 0 Å². The van der Waals surface area contributed by atoms with E-state index in [1.807, 2.05) is 48.7 Å². The Balaban J connectivity index is 1.45. The molecule has 0 radical (unpaired) electrons. The molecule has 0 fully saturated rings. The first-order valence-electron chi connectivity index (χ1n) is 11.6. The molecule has 2 aromatic carbocycles. The first-order valence-corrected chi connectivity index (χ1v) is 12.5. The highest BCUT2D eigenvalue weighted by molar-refractivity contribution is 7.10. The zero-order valence-electron chi connectivity index (χ0n) is 19.4. The predicted octanol–water partition coefficient (Wildman–Crippen LogP) is 5.09. The Morgan fingerprint density at radius 3 is 2.20 bits per heavy atom. The quantitative estimate of drug-likeness (QED) is 0.366. The van der Waals surface area contributed by atoms with Crippen molar-refractivity contribution in [2.24, 2.45) is 0 Å². The van der Waals surface area contributed by atoms with Crippen LogP contribution in [-0.2, 0) is 14.3 Å². The fourth-order valence-electron chi connectivity index (χ4n) is 4.55. The van der Waals surface area contributed by atoms with Crippen molar-refractivity contribution in [3.05, 3.63) is 82.0 Å². The summed E-state index contributed by atoms with van der Waals surface area (Å²) in [5, 5.41) is 16.4. The lowest BCUT2D eigenvalue weighted by atomic mass is 9.98. The summed E-state index contributed by atoms with van der Waals surface area (Å²) in [5.41, 5.74) is 4.47. The van der Waals surface area contributed by atoms with Crippen LogP contribution in [0.4, 0.5) is 4.79 Å². The molecule has 0 spiro atoms. The molecule has 4 rings (SSSR count). The van der Waals surface area contributed by atoms with Gasteiger partial charge in [0.25, 0.3) is 0 Å². The number of amides is 2. The molecular weight excluding hydrogens is 464 g/mol. The van der Waals surface area contributed by atoms with Crippen LogP contribution in [0.15, 0.2) is 66.0 Å².